The molecule has 7 atom stereocenters. The third kappa shape index (κ3) is 12.7. The number of ketones is 1. The monoisotopic (exact) mass is 791 g/mol. The Morgan fingerprint density at radius 3 is 2.35 bits per heavy atom. The summed E-state index contributed by atoms with van der Waals surface area (Å²) in [7, 11) is -16.4. The summed E-state index contributed by atoms with van der Waals surface area (Å²) in [6.07, 6.45) is -6.12. The molecule has 0 spiro atoms. The number of Topliss-reactive ketones (excluding diaryl/α,β-unsaturated/α-hetero) is 1. The van der Waals surface area contributed by atoms with E-state index < -0.39 is 84.6 Å². The van der Waals surface area contributed by atoms with Crippen LogP contribution in [-0.4, -0.2) is 118 Å². The Hall–Kier alpha value is -2.79. The van der Waals surface area contributed by atoms with Crippen molar-refractivity contribution >= 4 is 58.0 Å². The molecule has 3 unspecified atom stereocenters. The molecule has 2 aromatic heterocycles. The van der Waals surface area contributed by atoms with Crippen molar-refractivity contribution in [1.29, 1.82) is 0 Å². The van der Waals surface area contributed by atoms with Crippen LogP contribution in [0.5, 0.6) is 0 Å². The smallest absolute Gasteiger partial charge is 0.386 e. The van der Waals surface area contributed by atoms with Gasteiger partial charge in [0.25, 0.3) is 0 Å². The van der Waals surface area contributed by atoms with E-state index >= 15 is 0 Å². The number of aliphatic hydroxyl groups is 2. The average Bonchev–Trinajstić information content (AvgIpc) is 3.57. The molecule has 27 heteroatoms. The maximum absolute atomic E-state index is 12.6. The Kier molecular flexibility index (Phi) is 14.5. The SMILES string of the molecule is CC(=O)CCCNC(=O)CCNC(=O)C(O)C(C)(C)COP(=O)(O)OP(=O)(O)OC[C@H]1O[C@@H](n2cnc3c(N)ncnc32)[C@H](O)[C@@H]1OP(=O)(O)O. The van der Waals surface area contributed by atoms with E-state index in [1.807, 2.05) is 0 Å². The van der Waals surface area contributed by atoms with Crippen molar-refractivity contribution in [3.8, 4) is 0 Å². The number of aliphatic hydroxyl groups excluding tert-OH is 2. The van der Waals surface area contributed by atoms with Gasteiger partial charge < -0.3 is 55.7 Å². The minimum Gasteiger partial charge on any atom is -0.386 e. The number of aromatic nitrogens is 4. The zero-order valence-electron chi connectivity index (χ0n) is 27.4. The summed E-state index contributed by atoms with van der Waals surface area (Å²) in [6, 6.07) is 0. The number of nitrogens with one attached hydrogen (secondary N) is 2. The number of phosphoric ester groups is 3. The molecule has 1 aliphatic heterocycles. The highest BCUT2D eigenvalue weighted by atomic mass is 31.3. The highest BCUT2D eigenvalue weighted by Gasteiger charge is 2.50. The van der Waals surface area contributed by atoms with Crippen LogP contribution in [-0.2, 0) is 50.7 Å². The van der Waals surface area contributed by atoms with Crippen molar-refractivity contribution in [1.82, 2.24) is 30.2 Å². The van der Waals surface area contributed by atoms with Crippen molar-refractivity contribution in [2.75, 3.05) is 32.0 Å². The fourth-order valence-electron chi connectivity index (χ4n) is 4.50. The van der Waals surface area contributed by atoms with E-state index in [-0.39, 0.29) is 42.3 Å². The number of nitrogens with zero attached hydrogens (tertiary/aromatic N) is 4. The quantitative estimate of drug-likeness (QED) is 0.0560. The van der Waals surface area contributed by atoms with Crippen LogP contribution in [0, 0.1) is 5.41 Å². The number of rotatable bonds is 20. The third-order valence-electron chi connectivity index (χ3n) is 7.11. The van der Waals surface area contributed by atoms with Crippen LogP contribution < -0.4 is 16.4 Å². The largest absolute Gasteiger partial charge is 0.481 e. The second-order valence-electron chi connectivity index (χ2n) is 11.9. The van der Waals surface area contributed by atoms with Gasteiger partial charge in [-0.1, -0.05) is 13.8 Å². The maximum atomic E-state index is 12.6. The fraction of sp³-hybridized carbons (Fsp3) is 0.667. The molecular weight excluding hydrogens is 751 g/mol. The lowest BCUT2D eigenvalue weighted by molar-refractivity contribution is -0.137. The number of ether oxygens (including phenoxy) is 1. The van der Waals surface area contributed by atoms with Gasteiger partial charge in [0.1, 0.15) is 42.0 Å². The summed E-state index contributed by atoms with van der Waals surface area (Å²) >= 11 is 0. The number of anilines is 1. The summed E-state index contributed by atoms with van der Waals surface area (Å²) in [4.78, 5) is 86.0. The Labute approximate surface area is 289 Å². The van der Waals surface area contributed by atoms with Gasteiger partial charge in [0.15, 0.2) is 17.7 Å². The summed E-state index contributed by atoms with van der Waals surface area (Å²) in [6.45, 7) is 1.99. The van der Waals surface area contributed by atoms with Gasteiger partial charge in [-0.25, -0.2) is 28.6 Å². The van der Waals surface area contributed by atoms with Gasteiger partial charge in [-0.15, -0.1) is 0 Å². The van der Waals surface area contributed by atoms with Gasteiger partial charge in [-0.3, -0.25) is 27.7 Å². The topological polar surface area (TPSA) is 364 Å². The molecule has 3 heterocycles. The lowest BCUT2D eigenvalue weighted by atomic mass is 9.87. The molecule has 0 radical (unpaired) electrons. The molecule has 0 aromatic carbocycles. The number of hydrogen-bond acceptors (Lipinski definition) is 17. The fourth-order valence-corrected chi connectivity index (χ4v) is 7.33. The second-order valence-corrected chi connectivity index (χ2v) is 16.1. The van der Waals surface area contributed by atoms with E-state index in [9.17, 15) is 57.9 Å². The lowest BCUT2D eigenvalue weighted by Gasteiger charge is -2.30. The van der Waals surface area contributed by atoms with Crippen LogP contribution in [0.1, 0.15) is 46.3 Å². The molecule has 0 saturated carbocycles. The second kappa shape index (κ2) is 17.4. The van der Waals surface area contributed by atoms with Crippen molar-refractivity contribution in [2.24, 2.45) is 5.41 Å². The molecule has 1 saturated heterocycles. The van der Waals surface area contributed by atoms with Crippen LogP contribution in [0.3, 0.4) is 0 Å². The molecule has 2 amide bonds. The van der Waals surface area contributed by atoms with E-state index in [4.69, 9.17) is 19.5 Å². The molecule has 3 rings (SSSR count). The molecule has 288 valence electrons. The van der Waals surface area contributed by atoms with E-state index in [0.29, 0.717) is 12.8 Å². The van der Waals surface area contributed by atoms with Crippen molar-refractivity contribution < 1.29 is 80.5 Å². The Bertz CT molecular complexity index is 1700. The van der Waals surface area contributed by atoms with E-state index in [0.717, 1.165) is 17.2 Å². The number of imidazole rings is 1. The first kappa shape index (κ1) is 42.6. The zero-order chi connectivity index (χ0) is 38.4. The predicted molar refractivity (Wildman–Crippen MR) is 170 cm³/mol. The molecule has 24 nitrogen and oxygen atoms in total. The Balaban J connectivity index is 1.55. The van der Waals surface area contributed by atoms with E-state index in [2.05, 4.69) is 34.4 Å². The summed E-state index contributed by atoms with van der Waals surface area (Å²) in [5, 5.41) is 26.2. The van der Waals surface area contributed by atoms with Gasteiger partial charge in [0.2, 0.25) is 11.8 Å². The number of nitrogen functional groups attached to an aromatic ring is 1. The molecule has 1 fully saturated rings. The van der Waals surface area contributed by atoms with Gasteiger partial charge >= 0.3 is 23.5 Å². The van der Waals surface area contributed by atoms with Crippen LogP contribution in [0.2, 0.25) is 0 Å². The summed E-state index contributed by atoms with van der Waals surface area (Å²) < 4.78 is 61.8. The molecule has 10 N–H and O–H groups in total. The predicted octanol–water partition coefficient (Wildman–Crippen LogP) is -1.23. The number of hydrogen-bond donors (Lipinski definition) is 9. The standard InChI is InChI=1S/C24H40N7O17P3/c1-13(32)5-4-7-26-15(33)6-8-27-22(36)19(35)24(2,3)10-45-51(42,43)48-50(40,41)44-9-14-18(47-49(37,38)39)17(34)23(46-14)31-12-30-16-20(25)28-11-29-21(16)31/h11-12,14,17-19,23,34-35H,4-10H2,1-3H3,(H,26,33)(H,27,36)(H,40,41)(H,42,43)(H2,25,28,29)(H2,37,38,39)/t14-,17-,18-,19?,23-/m1/s1. The highest BCUT2D eigenvalue weighted by Crippen LogP contribution is 2.61. The van der Waals surface area contributed by atoms with Crippen molar-refractivity contribution in [2.45, 2.75) is 70.7 Å². The Morgan fingerprint density at radius 1 is 1.04 bits per heavy atom. The van der Waals surface area contributed by atoms with Gasteiger partial charge in [0, 0.05) is 31.3 Å². The van der Waals surface area contributed by atoms with Crippen LogP contribution in [0.25, 0.3) is 11.2 Å². The molecule has 51 heavy (non-hydrogen) atoms. The van der Waals surface area contributed by atoms with E-state index in [1.54, 1.807) is 0 Å². The van der Waals surface area contributed by atoms with Crippen LogP contribution >= 0.6 is 23.5 Å². The van der Waals surface area contributed by atoms with Gasteiger partial charge in [-0.2, -0.15) is 4.31 Å². The summed E-state index contributed by atoms with van der Waals surface area (Å²) in [5.41, 5.74) is 4.26. The zero-order valence-corrected chi connectivity index (χ0v) is 30.1. The Morgan fingerprint density at radius 2 is 1.71 bits per heavy atom. The first-order valence-electron chi connectivity index (χ1n) is 14.9. The molecule has 1 aliphatic rings. The highest BCUT2D eigenvalue weighted by molar-refractivity contribution is 7.61. The minimum atomic E-state index is -5.56. The molecule has 2 aromatic rings. The van der Waals surface area contributed by atoms with E-state index in [1.165, 1.54) is 20.8 Å². The number of nitrogens with two attached hydrogens (primary N) is 1. The van der Waals surface area contributed by atoms with Crippen LogP contribution in [0.4, 0.5) is 5.82 Å². The summed E-state index contributed by atoms with van der Waals surface area (Å²) in [5.74, 6) is -1.46. The third-order valence-corrected chi connectivity index (χ3v) is 10.2. The van der Waals surface area contributed by atoms with Crippen molar-refractivity contribution in [3.63, 3.8) is 0 Å². The number of amides is 2. The number of fused-ring (bicyclic) bond motifs is 1. The lowest BCUT2D eigenvalue weighted by Crippen LogP contribution is -2.46. The molecule has 0 bridgehead atoms. The van der Waals surface area contributed by atoms with Gasteiger partial charge in [-0.05, 0) is 13.3 Å². The number of carbonyl (C=O) groups excluding carboxylic acids is 3. The number of phosphoric acid groups is 3. The average molecular weight is 792 g/mol. The van der Waals surface area contributed by atoms with Crippen molar-refractivity contribution in [3.05, 3.63) is 12.7 Å². The molecule has 0 aliphatic carbocycles. The molecular formula is C24H40N7O17P3. The van der Waals surface area contributed by atoms with Crippen LogP contribution in [0.15, 0.2) is 12.7 Å². The maximum Gasteiger partial charge on any atom is 0.481 e. The first-order valence-corrected chi connectivity index (χ1v) is 19.4. The van der Waals surface area contributed by atoms with Gasteiger partial charge in [0.05, 0.1) is 19.5 Å². The number of carbonyl (C=O) groups is 3. The normalized spacial score (nSPS) is 22.6. The minimum absolute atomic E-state index is 0.0267. The first-order chi connectivity index (χ1) is 23.5.